The predicted octanol–water partition coefficient (Wildman–Crippen LogP) is 3.98. The molecule has 2 atom stereocenters. The Morgan fingerprint density at radius 2 is 2.00 bits per heavy atom. The van der Waals surface area contributed by atoms with Gasteiger partial charge in [-0.3, -0.25) is 0 Å². The van der Waals surface area contributed by atoms with Gasteiger partial charge in [-0.25, -0.2) is 0 Å². The van der Waals surface area contributed by atoms with Gasteiger partial charge < -0.3 is 10.4 Å². The predicted molar refractivity (Wildman–Crippen MR) is 78.9 cm³/mol. The van der Waals surface area contributed by atoms with Crippen LogP contribution in [0.5, 0.6) is 0 Å². The average molecular weight is 311 g/mol. The summed E-state index contributed by atoms with van der Waals surface area (Å²) in [5, 5.41) is 14.7. The summed E-state index contributed by atoms with van der Waals surface area (Å²) >= 11 is 11.8. The zero-order valence-corrected chi connectivity index (χ0v) is 12.7. The van der Waals surface area contributed by atoms with Crippen LogP contribution in [-0.2, 0) is 0 Å². The van der Waals surface area contributed by atoms with E-state index in [0.717, 1.165) is 18.4 Å². The molecule has 5 heteroatoms. The molecule has 0 bridgehead atoms. The largest absolute Gasteiger partial charge is 0.387 e. The number of hydrogen-bond donors (Lipinski definition) is 2. The Morgan fingerprint density at radius 3 is 2.50 bits per heavy atom. The van der Waals surface area contributed by atoms with Crippen molar-refractivity contribution in [2.75, 3.05) is 0 Å². The summed E-state index contributed by atoms with van der Waals surface area (Å²) in [5.41, 5.74) is 0.914. The molecule has 1 fully saturated rings. The van der Waals surface area contributed by atoms with E-state index in [4.69, 9.17) is 23.2 Å². The van der Waals surface area contributed by atoms with Gasteiger partial charge in [0.2, 0.25) is 0 Å². The van der Waals surface area contributed by atoms with Gasteiger partial charge in [0.15, 0.2) is 0 Å². The summed E-state index contributed by atoms with van der Waals surface area (Å²) in [5.74, 6) is 0. The van der Waals surface area contributed by atoms with Crippen LogP contribution < -0.4 is 5.32 Å². The fourth-order valence-electron chi connectivity index (χ4n) is 2.33. The molecule has 102 valence electrons. The van der Waals surface area contributed by atoms with Gasteiger partial charge >= 0.3 is 0 Å². The zero-order chi connectivity index (χ0) is 12.6. The van der Waals surface area contributed by atoms with Gasteiger partial charge in [-0.05, 0) is 44.4 Å². The highest BCUT2D eigenvalue weighted by Gasteiger charge is 2.34. The summed E-state index contributed by atoms with van der Waals surface area (Å²) in [7, 11) is 0. The van der Waals surface area contributed by atoms with Crippen molar-refractivity contribution < 1.29 is 5.11 Å². The van der Waals surface area contributed by atoms with Crippen LogP contribution in [-0.4, -0.2) is 16.7 Å². The van der Waals surface area contributed by atoms with Crippen molar-refractivity contribution in [3.8, 4) is 0 Å². The van der Waals surface area contributed by atoms with Crippen LogP contribution >= 0.6 is 35.6 Å². The minimum Gasteiger partial charge on any atom is -0.387 e. The van der Waals surface area contributed by atoms with Gasteiger partial charge in [-0.1, -0.05) is 29.3 Å². The second-order valence-electron chi connectivity index (χ2n) is 5.29. The van der Waals surface area contributed by atoms with E-state index >= 15 is 0 Å². The summed E-state index contributed by atoms with van der Waals surface area (Å²) in [4.78, 5) is 0. The fourth-order valence-corrected chi connectivity index (χ4v) is 2.63. The van der Waals surface area contributed by atoms with Gasteiger partial charge in [0.25, 0.3) is 0 Å². The molecule has 1 saturated heterocycles. The van der Waals surface area contributed by atoms with Gasteiger partial charge in [-0.2, -0.15) is 0 Å². The van der Waals surface area contributed by atoms with E-state index in [0.29, 0.717) is 10.0 Å². The highest BCUT2D eigenvalue weighted by molar-refractivity contribution is 6.42. The topological polar surface area (TPSA) is 32.3 Å². The summed E-state index contributed by atoms with van der Waals surface area (Å²) in [6.07, 6.45) is 1.50. The minimum absolute atomic E-state index is 0. The molecule has 1 aliphatic heterocycles. The van der Waals surface area contributed by atoms with Crippen LogP contribution in [0.25, 0.3) is 0 Å². The maximum absolute atomic E-state index is 10.3. The van der Waals surface area contributed by atoms with Crippen molar-refractivity contribution in [2.24, 2.45) is 0 Å². The third-order valence-electron chi connectivity index (χ3n) is 3.32. The Labute approximate surface area is 124 Å². The van der Waals surface area contributed by atoms with Crippen molar-refractivity contribution >= 4 is 35.6 Å². The van der Waals surface area contributed by atoms with Crippen molar-refractivity contribution in [3.05, 3.63) is 33.8 Å². The quantitative estimate of drug-likeness (QED) is 0.866. The number of aliphatic hydroxyl groups excluding tert-OH is 1. The first-order valence-electron chi connectivity index (χ1n) is 5.80. The van der Waals surface area contributed by atoms with Crippen molar-refractivity contribution in [2.45, 2.75) is 44.4 Å². The van der Waals surface area contributed by atoms with Crippen LogP contribution in [0.4, 0.5) is 0 Å². The first kappa shape index (κ1) is 16.1. The zero-order valence-electron chi connectivity index (χ0n) is 10.4. The van der Waals surface area contributed by atoms with Crippen LogP contribution in [0.1, 0.15) is 38.4 Å². The fraction of sp³-hybridized carbons (Fsp3) is 0.538. The van der Waals surface area contributed by atoms with Crippen molar-refractivity contribution in [3.63, 3.8) is 0 Å². The molecular formula is C13H18Cl3NO. The molecule has 0 saturated carbocycles. The van der Waals surface area contributed by atoms with Crippen LogP contribution in [0.3, 0.4) is 0 Å². The molecule has 1 aromatic carbocycles. The molecule has 2 nitrogen and oxygen atoms in total. The number of hydrogen-bond acceptors (Lipinski definition) is 2. The average Bonchev–Trinajstić information content (AvgIpc) is 2.62. The molecule has 0 radical (unpaired) electrons. The van der Waals surface area contributed by atoms with Crippen molar-refractivity contribution in [1.29, 1.82) is 0 Å². The van der Waals surface area contributed by atoms with Gasteiger partial charge in [-0.15, -0.1) is 12.4 Å². The SMILES string of the molecule is CC1(C)CCC(C(O)c2ccc(Cl)c(Cl)c2)N1.Cl. The lowest BCUT2D eigenvalue weighted by atomic mass is 10.0. The van der Waals surface area contributed by atoms with E-state index in [1.807, 2.05) is 6.07 Å². The van der Waals surface area contributed by atoms with Gasteiger partial charge in [0.05, 0.1) is 16.1 Å². The Morgan fingerprint density at radius 1 is 1.33 bits per heavy atom. The number of benzene rings is 1. The van der Waals surface area contributed by atoms with Gasteiger partial charge in [0, 0.05) is 11.6 Å². The Bertz CT molecular complexity index is 423. The lowest BCUT2D eigenvalue weighted by Gasteiger charge is -2.24. The smallest absolute Gasteiger partial charge is 0.0943 e. The summed E-state index contributed by atoms with van der Waals surface area (Å²) in [6.45, 7) is 4.29. The maximum Gasteiger partial charge on any atom is 0.0943 e. The molecule has 0 amide bonds. The third-order valence-corrected chi connectivity index (χ3v) is 4.06. The summed E-state index contributed by atoms with van der Waals surface area (Å²) in [6, 6.07) is 5.37. The molecule has 2 N–H and O–H groups in total. The lowest BCUT2D eigenvalue weighted by molar-refractivity contribution is 0.131. The van der Waals surface area contributed by atoms with Crippen LogP contribution in [0, 0.1) is 0 Å². The molecule has 0 spiro atoms. The second-order valence-corrected chi connectivity index (χ2v) is 6.11. The highest BCUT2D eigenvalue weighted by atomic mass is 35.5. The van der Waals surface area contributed by atoms with E-state index < -0.39 is 6.10 Å². The lowest BCUT2D eigenvalue weighted by Crippen LogP contribution is -2.40. The molecular weight excluding hydrogens is 293 g/mol. The Hall–Kier alpha value is 0.01000. The number of rotatable bonds is 2. The maximum atomic E-state index is 10.3. The van der Waals surface area contributed by atoms with Crippen LogP contribution in [0.15, 0.2) is 18.2 Å². The van der Waals surface area contributed by atoms with E-state index in [1.165, 1.54) is 0 Å². The number of nitrogens with one attached hydrogen (secondary N) is 1. The third kappa shape index (κ3) is 3.52. The standard InChI is InChI=1S/C13H17Cl2NO.ClH/c1-13(2)6-5-11(16-13)12(17)8-3-4-9(14)10(15)7-8;/h3-4,7,11-12,16-17H,5-6H2,1-2H3;1H. The van der Waals surface area contributed by atoms with Gasteiger partial charge in [0.1, 0.15) is 0 Å². The van der Waals surface area contributed by atoms with Crippen molar-refractivity contribution in [1.82, 2.24) is 5.32 Å². The molecule has 0 aromatic heterocycles. The highest BCUT2D eigenvalue weighted by Crippen LogP contribution is 2.32. The minimum atomic E-state index is -0.536. The molecule has 18 heavy (non-hydrogen) atoms. The van der Waals surface area contributed by atoms with E-state index in [2.05, 4.69) is 19.2 Å². The number of halogens is 3. The van der Waals surface area contributed by atoms with E-state index in [9.17, 15) is 5.11 Å². The summed E-state index contributed by atoms with van der Waals surface area (Å²) < 4.78 is 0. The molecule has 2 rings (SSSR count). The normalized spacial score (nSPS) is 23.5. The molecule has 1 aliphatic rings. The van der Waals surface area contributed by atoms with E-state index in [1.54, 1.807) is 12.1 Å². The monoisotopic (exact) mass is 309 g/mol. The first-order valence-corrected chi connectivity index (χ1v) is 6.55. The molecule has 2 unspecified atom stereocenters. The Kier molecular flexibility index (Phi) is 5.33. The van der Waals surface area contributed by atoms with E-state index in [-0.39, 0.29) is 24.0 Å². The number of aliphatic hydroxyl groups is 1. The van der Waals surface area contributed by atoms with Crippen LogP contribution in [0.2, 0.25) is 10.0 Å². The molecule has 1 heterocycles. The molecule has 0 aliphatic carbocycles. The Balaban J connectivity index is 0.00000162. The molecule has 1 aromatic rings. The second kappa shape index (κ2) is 5.98. The first-order chi connectivity index (χ1) is 7.89.